The molecule has 0 saturated carbocycles. The summed E-state index contributed by atoms with van der Waals surface area (Å²) in [5.41, 5.74) is 1.03. The largest absolute Gasteiger partial charge is 0.321 e. The van der Waals surface area contributed by atoms with Gasteiger partial charge in [0.2, 0.25) is 0 Å². The van der Waals surface area contributed by atoms with Gasteiger partial charge in [0.1, 0.15) is 11.4 Å². The van der Waals surface area contributed by atoms with Crippen molar-refractivity contribution in [3.05, 3.63) is 88.5 Å². The predicted octanol–water partition coefficient (Wildman–Crippen LogP) is 3.46. The van der Waals surface area contributed by atoms with E-state index in [1.54, 1.807) is 18.2 Å². The van der Waals surface area contributed by atoms with Crippen LogP contribution in [0.5, 0.6) is 0 Å². The minimum absolute atomic E-state index is 0.0413. The van der Waals surface area contributed by atoms with Crippen LogP contribution >= 0.6 is 0 Å². The molecule has 24 heavy (non-hydrogen) atoms. The zero-order chi connectivity index (χ0) is 17.1. The van der Waals surface area contributed by atoms with Crippen molar-refractivity contribution in [2.24, 2.45) is 0 Å². The second kappa shape index (κ2) is 6.50. The fraction of sp³-hybridized carbons (Fsp3) is 0.0526. The SMILES string of the molecule is CN(C(=O)c1ccc(-c2ccccc2)[nH]c1=O)c1ccccc1F. The maximum atomic E-state index is 13.8. The van der Waals surface area contributed by atoms with Gasteiger partial charge in [0.15, 0.2) is 0 Å². The molecule has 1 amide bonds. The smallest absolute Gasteiger partial charge is 0.263 e. The summed E-state index contributed by atoms with van der Waals surface area (Å²) in [6, 6.07) is 18.4. The summed E-state index contributed by atoms with van der Waals surface area (Å²) in [6.07, 6.45) is 0. The number of nitrogens with one attached hydrogen (secondary N) is 1. The summed E-state index contributed by atoms with van der Waals surface area (Å²) in [6.45, 7) is 0. The molecule has 3 rings (SSSR count). The minimum atomic E-state index is -0.569. The molecule has 0 aliphatic carbocycles. The fourth-order valence-electron chi connectivity index (χ4n) is 2.44. The van der Waals surface area contributed by atoms with E-state index in [1.807, 2.05) is 30.3 Å². The monoisotopic (exact) mass is 322 g/mol. The van der Waals surface area contributed by atoms with E-state index >= 15 is 0 Å². The maximum Gasteiger partial charge on any atom is 0.263 e. The molecule has 0 fully saturated rings. The van der Waals surface area contributed by atoms with Gasteiger partial charge in [-0.2, -0.15) is 0 Å². The molecule has 1 N–H and O–H groups in total. The molecule has 0 aliphatic heterocycles. The van der Waals surface area contributed by atoms with Crippen LogP contribution in [0.4, 0.5) is 10.1 Å². The Labute approximate surface area is 138 Å². The van der Waals surface area contributed by atoms with Gasteiger partial charge in [0, 0.05) is 12.7 Å². The Balaban J connectivity index is 1.94. The van der Waals surface area contributed by atoms with Crippen LogP contribution < -0.4 is 10.5 Å². The number of H-pyrrole nitrogens is 1. The summed E-state index contributed by atoms with van der Waals surface area (Å²) < 4.78 is 13.8. The first kappa shape index (κ1) is 15.7. The second-order valence-electron chi connectivity index (χ2n) is 5.30. The van der Waals surface area contributed by atoms with Crippen LogP contribution in [0.3, 0.4) is 0 Å². The summed E-state index contributed by atoms with van der Waals surface area (Å²) in [5.74, 6) is -1.09. The number of rotatable bonds is 3. The molecule has 0 bridgehead atoms. The van der Waals surface area contributed by atoms with E-state index in [9.17, 15) is 14.0 Å². The Morgan fingerprint density at radius 1 is 0.958 bits per heavy atom. The number of carbonyl (C=O) groups excluding carboxylic acids is 1. The van der Waals surface area contributed by atoms with Gasteiger partial charge in [-0.1, -0.05) is 42.5 Å². The summed E-state index contributed by atoms with van der Waals surface area (Å²) in [4.78, 5) is 28.6. The van der Waals surface area contributed by atoms with E-state index in [0.717, 1.165) is 10.5 Å². The Bertz CT molecular complexity index is 935. The molecule has 0 spiro atoms. The van der Waals surface area contributed by atoms with Crippen molar-refractivity contribution in [1.29, 1.82) is 0 Å². The molecule has 0 aliphatic rings. The minimum Gasteiger partial charge on any atom is -0.321 e. The van der Waals surface area contributed by atoms with Crippen LogP contribution in [0.25, 0.3) is 11.3 Å². The molecule has 0 atom stereocenters. The highest BCUT2D eigenvalue weighted by Gasteiger charge is 2.19. The molecule has 0 saturated heterocycles. The Morgan fingerprint density at radius 2 is 1.62 bits per heavy atom. The number of nitrogens with zero attached hydrogens (tertiary/aromatic N) is 1. The quantitative estimate of drug-likeness (QED) is 0.803. The first-order valence-corrected chi connectivity index (χ1v) is 7.39. The van der Waals surface area contributed by atoms with Crippen molar-refractivity contribution in [2.75, 3.05) is 11.9 Å². The van der Waals surface area contributed by atoms with Gasteiger partial charge in [0.05, 0.1) is 5.69 Å². The van der Waals surface area contributed by atoms with Gasteiger partial charge in [-0.3, -0.25) is 9.59 Å². The summed E-state index contributed by atoms with van der Waals surface area (Å²) in [5, 5.41) is 0. The number of para-hydroxylation sites is 1. The molecule has 3 aromatic rings. The molecule has 1 heterocycles. The number of hydrogen-bond donors (Lipinski definition) is 1. The van der Waals surface area contributed by atoms with Crippen molar-refractivity contribution < 1.29 is 9.18 Å². The van der Waals surface area contributed by atoms with E-state index in [1.165, 1.54) is 25.2 Å². The Hall–Kier alpha value is -3.21. The van der Waals surface area contributed by atoms with Gasteiger partial charge in [-0.25, -0.2) is 4.39 Å². The van der Waals surface area contributed by atoms with Crippen molar-refractivity contribution in [1.82, 2.24) is 4.98 Å². The van der Waals surface area contributed by atoms with E-state index in [-0.39, 0.29) is 11.3 Å². The molecular formula is C19H15FN2O2. The molecule has 5 heteroatoms. The number of amides is 1. The average molecular weight is 322 g/mol. The van der Waals surface area contributed by atoms with E-state index in [4.69, 9.17) is 0 Å². The maximum absolute atomic E-state index is 13.8. The lowest BCUT2D eigenvalue weighted by atomic mass is 10.1. The molecule has 2 aromatic carbocycles. The summed E-state index contributed by atoms with van der Waals surface area (Å²) in [7, 11) is 1.44. The molecule has 1 aromatic heterocycles. The van der Waals surface area contributed by atoms with Crippen LogP contribution in [-0.4, -0.2) is 17.9 Å². The van der Waals surface area contributed by atoms with Gasteiger partial charge in [0.25, 0.3) is 11.5 Å². The van der Waals surface area contributed by atoms with Crippen molar-refractivity contribution in [3.8, 4) is 11.3 Å². The number of anilines is 1. The molecule has 0 radical (unpaired) electrons. The summed E-state index contributed by atoms with van der Waals surface area (Å²) >= 11 is 0. The highest BCUT2D eigenvalue weighted by molar-refractivity contribution is 6.05. The van der Waals surface area contributed by atoms with Crippen molar-refractivity contribution in [2.45, 2.75) is 0 Å². The van der Waals surface area contributed by atoms with Gasteiger partial charge in [-0.05, 0) is 29.8 Å². The van der Waals surface area contributed by atoms with Crippen LogP contribution in [0.2, 0.25) is 0 Å². The number of carbonyl (C=O) groups is 1. The number of aromatic amines is 1. The molecular weight excluding hydrogens is 307 g/mol. The normalized spacial score (nSPS) is 10.4. The van der Waals surface area contributed by atoms with Crippen LogP contribution in [0, 0.1) is 5.82 Å². The zero-order valence-corrected chi connectivity index (χ0v) is 13.0. The topological polar surface area (TPSA) is 53.2 Å². The first-order valence-electron chi connectivity index (χ1n) is 7.39. The van der Waals surface area contributed by atoms with E-state index in [2.05, 4.69) is 4.98 Å². The number of benzene rings is 2. The second-order valence-corrected chi connectivity index (χ2v) is 5.30. The number of halogens is 1. The Kier molecular flexibility index (Phi) is 4.24. The average Bonchev–Trinajstić information content (AvgIpc) is 2.61. The van der Waals surface area contributed by atoms with Gasteiger partial charge < -0.3 is 9.88 Å². The number of aromatic nitrogens is 1. The van der Waals surface area contributed by atoms with Gasteiger partial charge >= 0.3 is 0 Å². The molecule has 120 valence electrons. The number of pyridine rings is 1. The highest BCUT2D eigenvalue weighted by atomic mass is 19.1. The lowest BCUT2D eigenvalue weighted by Gasteiger charge is -2.17. The van der Waals surface area contributed by atoms with Crippen molar-refractivity contribution >= 4 is 11.6 Å². The van der Waals surface area contributed by atoms with E-state index in [0.29, 0.717) is 5.69 Å². The lowest BCUT2D eigenvalue weighted by molar-refractivity contribution is 0.0991. The third-order valence-electron chi connectivity index (χ3n) is 3.74. The number of hydrogen-bond acceptors (Lipinski definition) is 2. The highest BCUT2D eigenvalue weighted by Crippen LogP contribution is 2.19. The van der Waals surface area contributed by atoms with Crippen molar-refractivity contribution in [3.63, 3.8) is 0 Å². The zero-order valence-electron chi connectivity index (χ0n) is 13.0. The van der Waals surface area contributed by atoms with E-state index < -0.39 is 17.3 Å². The van der Waals surface area contributed by atoms with Crippen LogP contribution in [0.15, 0.2) is 71.5 Å². The van der Waals surface area contributed by atoms with Crippen LogP contribution in [0.1, 0.15) is 10.4 Å². The molecule has 4 nitrogen and oxygen atoms in total. The Morgan fingerprint density at radius 3 is 2.29 bits per heavy atom. The lowest BCUT2D eigenvalue weighted by Crippen LogP contribution is -2.32. The predicted molar refractivity (Wildman–Crippen MR) is 91.6 cm³/mol. The third-order valence-corrected chi connectivity index (χ3v) is 3.74. The van der Waals surface area contributed by atoms with Crippen LogP contribution in [-0.2, 0) is 0 Å². The standard InChI is InChI=1S/C19H15FN2O2/c1-22(17-10-6-5-9-15(17)20)19(24)14-11-12-16(21-18(14)23)13-7-3-2-4-8-13/h2-12H,1H3,(H,21,23). The first-order chi connectivity index (χ1) is 11.6. The molecule has 0 unspecified atom stereocenters. The van der Waals surface area contributed by atoms with Gasteiger partial charge in [-0.15, -0.1) is 0 Å². The fourth-order valence-corrected chi connectivity index (χ4v) is 2.44. The third kappa shape index (κ3) is 2.96.